The zero-order valence-corrected chi connectivity index (χ0v) is 20.7. The van der Waals surface area contributed by atoms with E-state index < -0.39 is 20.6 Å². The normalized spacial score (nSPS) is 33.4. The van der Waals surface area contributed by atoms with Gasteiger partial charge in [0, 0.05) is 5.41 Å². The largest absolute Gasteiger partial charge is 0.489 e. The average molecular weight is 424 g/mol. The molecule has 0 aromatic heterocycles. The molecule has 1 aromatic rings. The molecule has 4 aliphatic rings. The zero-order chi connectivity index (χ0) is 22.1. The maximum absolute atomic E-state index is 12.2. The zero-order valence-electron chi connectivity index (χ0n) is 19.7. The minimum atomic E-state index is -2.09. The summed E-state index contributed by atoms with van der Waals surface area (Å²) in [4.78, 5) is 12.2. The average Bonchev–Trinajstić information content (AvgIpc) is 3.05. The van der Waals surface area contributed by atoms with Gasteiger partial charge in [-0.1, -0.05) is 76.3 Å². The summed E-state index contributed by atoms with van der Waals surface area (Å²) in [5, 5.41) is 1.33. The van der Waals surface area contributed by atoms with Crippen LogP contribution in [0.25, 0.3) is 0 Å². The first-order valence-corrected chi connectivity index (χ1v) is 14.5. The highest BCUT2D eigenvalue weighted by Gasteiger charge is 2.68. The highest BCUT2D eigenvalue weighted by Crippen LogP contribution is 2.66. The van der Waals surface area contributed by atoms with Gasteiger partial charge in [-0.2, -0.15) is 0 Å². The lowest BCUT2D eigenvalue weighted by atomic mass is 9.43. The van der Waals surface area contributed by atoms with E-state index >= 15 is 0 Å². The van der Waals surface area contributed by atoms with Gasteiger partial charge in [0.2, 0.25) is 0 Å². The van der Waals surface area contributed by atoms with Gasteiger partial charge in [0.1, 0.15) is 6.29 Å². The fourth-order valence-electron chi connectivity index (χ4n) is 7.13. The Morgan fingerprint density at radius 1 is 1.23 bits per heavy atom. The van der Waals surface area contributed by atoms with Crippen LogP contribution in [0.4, 0.5) is 0 Å². The Morgan fingerprint density at radius 2 is 1.87 bits per heavy atom. The van der Waals surface area contributed by atoms with E-state index in [0.717, 1.165) is 18.2 Å². The Labute approximate surface area is 183 Å². The van der Waals surface area contributed by atoms with Crippen LogP contribution in [0.3, 0.4) is 0 Å². The number of rotatable bonds is 6. The molecule has 1 heterocycles. The van der Waals surface area contributed by atoms with Crippen molar-refractivity contribution in [1.29, 1.82) is 0 Å². The van der Waals surface area contributed by atoms with Gasteiger partial charge in [-0.25, -0.2) is 0 Å². The van der Waals surface area contributed by atoms with E-state index in [-0.39, 0.29) is 17.2 Å². The number of allylic oxidation sites excluding steroid dienone is 1. The molecular weight excluding hydrogens is 387 g/mol. The summed E-state index contributed by atoms with van der Waals surface area (Å²) >= 11 is 0. The van der Waals surface area contributed by atoms with Crippen LogP contribution in [0.2, 0.25) is 18.6 Å². The second-order valence-electron chi connectivity index (χ2n) is 11.8. The monoisotopic (exact) mass is 424 g/mol. The molecule has 3 nitrogen and oxygen atoms in total. The van der Waals surface area contributed by atoms with Crippen LogP contribution < -0.4 is 5.19 Å². The predicted octanol–water partition coefficient (Wildman–Crippen LogP) is 5.02. The molecule has 3 saturated carbocycles. The molecule has 162 valence electrons. The quantitative estimate of drug-likeness (QED) is 0.475. The summed E-state index contributed by atoms with van der Waals surface area (Å²) in [6, 6.07) is 10.6. The van der Waals surface area contributed by atoms with Crippen molar-refractivity contribution in [3.05, 3.63) is 42.4 Å². The van der Waals surface area contributed by atoms with Crippen molar-refractivity contribution in [2.45, 2.75) is 77.8 Å². The van der Waals surface area contributed by atoms with Crippen molar-refractivity contribution >= 4 is 26.7 Å². The first-order valence-electron chi connectivity index (χ1n) is 11.4. The maximum atomic E-state index is 12.2. The number of hydrogen-bond acceptors (Lipinski definition) is 3. The second-order valence-corrected chi connectivity index (χ2v) is 16.4. The Kier molecular flexibility index (Phi) is 5.08. The second kappa shape index (κ2) is 6.91. The Bertz CT molecular complexity index is 849. The Balaban J connectivity index is 1.66. The van der Waals surface area contributed by atoms with Gasteiger partial charge in [0.25, 0.3) is 0 Å². The molecule has 1 saturated heterocycles. The first kappa shape index (κ1) is 22.0. The highest BCUT2D eigenvalue weighted by molar-refractivity contribution is 6.92. The number of hydrogen-bond donors (Lipinski definition) is 0. The van der Waals surface area contributed by atoms with E-state index in [0.29, 0.717) is 17.3 Å². The number of carbonyl (C=O) groups excluding carboxylic acids is 1. The lowest BCUT2D eigenvalue weighted by Gasteiger charge is -2.64. The lowest BCUT2D eigenvalue weighted by molar-refractivity contribution is -0.199. The van der Waals surface area contributed by atoms with E-state index in [1.807, 2.05) is 19.9 Å². The summed E-state index contributed by atoms with van der Waals surface area (Å²) in [5.41, 5.74) is 0.468. The topological polar surface area (TPSA) is 35.5 Å². The standard InChI is InChI=1S/C25H37BO3Si/c1-17(22(23(2,3)16-27)30(7,8)19-12-10-9-11-13-19)26-28-21-15-18-14-20(24(18,4)5)25(21,6)29-26/h9-13,16,18,20-22H,1,14-15H2,2-8H3/t18-,20-,21+,22-,25-/m1/s1. The van der Waals surface area contributed by atoms with Gasteiger partial charge in [-0.05, 0) is 48.0 Å². The van der Waals surface area contributed by atoms with Crippen molar-refractivity contribution in [2.75, 3.05) is 0 Å². The summed E-state index contributed by atoms with van der Waals surface area (Å²) < 4.78 is 13.3. The third-order valence-electron chi connectivity index (χ3n) is 8.91. The number of benzene rings is 1. The molecule has 0 amide bonds. The van der Waals surface area contributed by atoms with Gasteiger partial charge in [-0.15, -0.1) is 6.58 Å². The fraction of sp³-hybridized carbons (Fsp3) is 0.640. The van der Waals surface area contributed by atoms with Crippen LogP contribution in [0, 0.1) is 22.7 Å². The van der Waals surface area contributed by atoms with Gasteiger partial charge >= 0.3 is 7.12 Å². The van der Waals surface area contributed by atoms with E-state index in [2.05, 4.69) is 64.7 Å². The highest BCUT2D eigenvalue weighted by atomic mass is 28.3. The number of aldehydes is 1. The fourth-order valence-corrected chi connectivity index (χ4v) is 11.5. The van der Waals surface area contributed by atoms with Crippen molar-refractivity contribution in [1.82, 2.24) is 0 Å². The molecule has 2 bridgehead atoms. The Hall–Kier alpha value is -1.17. The van der Waals surface area contributed by atoms with Crippen LogP contribution in [-0.2, 0) is 14.1 Å². The SMILES string of the molecule is C=C(B1O[C@H]2C[C@H]3C[C@H](C3(C)C)[C@@]2(C)O1)[C@H](C(C)(C)C=O)[Si](C)(C)c1ccccc1. The van der Waals surface area contributed by atoms with Gasteiger partial charge in [0.15, 0.2) is 0 Å². The van der Waals surface area contributed by atoms with E-state index in [1.165, 1.54) is 11.6 Å². The van der Waals surface area contributed by atoms with E-state index in [4.69, 9.17) is 9.31 Å². The summed E-state index contributed by atoms with van der Waals surface area (Å²) in [5.74, 6) is 1.23. The van der Waals surface area contributed by atoms with Crippen molar-refractivity contribution in [2.24, 2.45) is 22.7 Å². The predicted molar refractivity (Wildman–Crippen MR) is 126 cm³/mol. The Morgan fingerprint density at radius 3 is 2.43 bits per heavy atom. The van der Waals surface area contributed by atoms with E-state index in [1.54, 1.807) is 0 Å². The molecular formula is C25H37BO3Si. The molecule has 0 radical (unpaired) electrons. The van der Waals surface area contributed by atoms with Gasteiger partial charge in [0.05, 0.1) is 19.8 Å². The molecule has 1 aromatic carbocycles. The van der Waals surface area contributed by atoms with E-state index in [9.17, 15) is 4.79 Å². The van der Waals surface area contributed by atoms with Crippen molar-refractivity contribution < 1.29 is 14.1 Å². The molecule has 4 fully saturated rings. The third kappa shape index (κ3) is 3.03. The van der Waals surface area contributed by atoms with Crippen LogP contribution in [0.5, 0.6) is 0 Å². The lowest BCUT2D eigenvalue weighted by Crippen LogP contribution is -2.65. The van der Waals surface area contributed by atoms with Crippen LogP contribution in [-0.4, -0.2) is 33.2 Å². The molecule has 5 rings (SSSR count). The molecule has 5 heteroatoms. The molecule has 30 heavy (non-hydrogen) atoms. The smallest absolute Gasteiger partial charge is 0.402 e. The van der Waals surface area contributed by atoms with Crippen LogP contribution in [0.15, 0.2) is 42.4 Å². The number of carbonyl (C=O) groups is 1. The molecule has 0 N–H and O–H groups in total. The maximum Gasteiger partial charge on any atom is 0.489 e. The van der Waals surface area contributed by atoms with Gasteiger partial charge in [-0.3, -0.25) is 0 Å². The van der Waals surface area contributed by atoms with Crippen LogP contribution >= 0.6 is 0 Å². The molecule has 5 atom stereocenters. The third-order valence-corrected chi connectivity index (χ3v) is 13.3. The molecule has 1 aliphatic heterocycles. The molecule has 0 unspecified atom stereocenters. The molecule has 0 spiro atoms. The summed E-state index contributed by atoms with van der Waals surface area (Å²) in [7, 11) is -2.53. The summed E-state index contributed by atoms with van der Waals surface area (Å²) in [6.07, 6.45) is 3.52. The van der Waals surface area contributed by atoms with Crippen molar-refractivity contribution in [3.8, 4) is 0 Å². The van der Waals surface area contributed by atoms with Gasteiger partial charge < -0.3 is 14.1 Å². The van der Waals surface area contributed by atoms with Crippen molar-refractivity contribution in [3.63, 3.8) is 0 Å². The minimum Gasteiger partial charge on any atom is -0.402 e. The van der Waals surface area contributed by atoms with Crippen LogP contribution in [0.1, 0.15) is 47.5 Å². The molecule has 3 aliphatic carbocycles. The minimum absolute atomic E-state index is 0.0154. The summed E-state index contributed by atoms with van der Waals surface area (Å²) in [6.45, 7) is 20.3. The first-order chi connectivity index (χ1) is 13.9.